The third-order valence-corrected chi connectivity index (χ3v) is 15.3. The van der Waals surface area contributed by atoms with Gasteiger partial charge < -0.3 is 5.32 Å². The minimum atomic E-state index is -0.193. The molecule has 1 unspecified atom stereocenters. The van der Waals surface area contributed by atoms with Crippen LogP contribution in [0.15, 0.2) is 151 Å². The molecular formula is C52H38N2S2. The Morgan fingerprint density at radius 3 is 1.96 bits per heavy atom. The SMILES string of the molecule is CC1(C)c2ccccc2-c2cc3c(cc21)-c1cc(-c2ccc4sc5c(C6N=C(c7ccccc7)c7c(sc8ccccc78)N6)cccc5c4c2)ccc1C3(C)C. The molecule has 2 nitrogen and oxygen atoms in total. The smallest absolute Gasteiger partial charge is 0.147 e. The number of hydrogen-bond acceptors (Lipinski definition) is 4. The first kappa shape index (κ1) is 32.4. The fourth-order valence-corrected chi connectivity index (χ4v) is 12.4. The van der Waals surface area contributed by atoms with E-state index in [0.29, 0.717) is 0 Å². The van der Waals surface area contributed by atoms with Crippen LogP contribution in [-0.2, 0) is 10.8 Å². The van der Waals surface area contributed by atoms with Crippen LogP contribution in [0.1, 0.15) is 72.8 Å². The van der Waals surface area contributed by atoms with E-state index in [4.69, 9.17) is 4.99 Å². The van der Waals surface area contributed by atoms with Crippen molar-refractivity contribution in [2.45, 2.75) is 44.7 Å². The topological polar surface area (TPSA) is 24.4 Å². The summed E-state index contributed by atoms with van der Waals surface area (Å²) in [6.45, 7) is 9.56. The molecule has 2 aliphatic carbocycles. The number of rotatable bonds is 3. The number of thiophene rings is 2. The summed E-state index contributed by atoms with van der Waals surface area (Å²) in [6.07, 6.45) is -0.193. The average molecular weight is 755 g/mol. The van der Waals surface area contributed by atoms with Gasteiger partial charge in [-0.25, -0.2) is 0 Å². The number of fused-ring (bicyclic) bond motifs is 12. The maximum Gasteiger partial charge on any atom is 0.147 e. The Bertz CT molecular complexity index is 3170. The van der Waals surface area contributed by atoms with Crippen LogP contribution in [0, 0.1) is 0 Å². The Morgan fingerprint density at radius 1 is 0.482 bits per heavy atom. The van der Waals surface area contributed by atoms with Gasteiger partial charge in [0.05, 0.1) is 5.71 Å². The molecule has 1 aliphatic heterocycles. The van der Waals surface area contributed by atoms with Gasteiger partial charge in [-0.2, -0.15) is 0 Å². The van der Waals surface area contributed by atoms with Gasteiger partial charge in [-0.15, -0.1) is 22.7 Å². The Balaban J connectivity index is 0.967. The van der Waals surface area contributed by atoms with Crippen molar-refractivity contribution in [2.24, 2.45) is 4.99 Å². The zero-order valence-corrected chi connectivity index (χ0v) is 33.3. The van der Waals surface area contributed by atoms with E-state index < -0.39 is 0 Å². The van der Waals surface area contributed by atoms with E-state index in [1.165, 1.54) is 102 Å². The van der Waals surface area contributed by atoms with E-state index in [1.54, 1.807) is 0 Å². The minimum Gasteiger partial charge on any atom is -0.351 e. The summed E-state index contributed by atoms with van der Waals surface area (Å²) in [4.78, 5) is 5.50. The van der Waals surface area contributed by atoms with Gasteiger partial charge in [-0.1, -0.05) is 137 Å². The summed E-state index contributed by atoms with van der Waals surface area (Å²) in [5.74, 6) is 0. The van der Waals surface area contributed by atoms with Gasteiger partial charge in [0.1, 0.15) is 11.2 Å². The fourth-order valence-electron chi connectivity index (χ4n) is 10.0. The number of aliphatic imine (C=N–C) groups is 1. The lowest BCUT2D eigenvalue weighted by Crippen LogP contribution is -2.19. The van der Waals surface area contributed by atoms with Crippen molar-refractivity contribution >= 4 is 63.6 Å². The molecule has 1 N–H and O–H groups in total. The van der Waals surface area contributed by atoms with Crippen LogP contribution in [0.3, 0.4) is 0 Å². The predicted octanol–water partition coefficient (Wildman–Crippen LogP) is 14.5. The van der Waals surface area contributed by atoms with Crippen LogP contribution in [0.25, 0.3) is 63.6 Å². The van der Waals surface area contributed by atoms with Crippen molar-refractivity contribution < 1.29 is 0 Å². The summed E-state index contributed by atoms with van der Waals surface area (Å²) in [6, 6.07) is 54.4. The van der Waals surface area contributed by atoms with Gasteiger partial charge in [-0.3, -0.25) is 4.99 Å². The van der Waals surface area contributed by atoms with Gasteiger partial charge in [-0.05, 0) is 92.0 Å². The predicted molar refractivity (Wildman–Crippen MR) is 240 cm³/mol. The zero-order valence-electron chi connectivity index (χ0n) is 31.7. The third-order valence-electron chi connectivity index (χ3n) is 12.9. The summed E-state index contributed by atoms with van der Waals surface area (Å²) < 4.78 is 3.87. The van der Waals surface area contributed by atoms with Gasteiger partial charge in [0, 0.05) is 57.8 Å². The van der Waals surface area contributed by atoms with Crippen LogP contribution >= 0.6 is 22.7 Å². The van der Waals surface area contributed by atoms with Crippen molar-refractivity contribution in [1.29, 1.82) is 0 Å². The number of benzene rings is 7. The molecule has 0 fully saturated rings. The molecule has 3 aliphatic rings. The normalized spacial score (nSPS) is 16.9. The Hall–Kier alpha value is -5.81. The monoisotopic (exact) mass is 754 g/mol. The number of anilines is 1. The molecule has 0 saturated heterocycles. The Kier molecular flexibility index (Phi) is 6.59. The van der Waals surface area contributed by atoms with Gasteiger partial charge in [0.2, 0.25) is 0 Å². The summed E-state index contributed by atoms with van der Waals surface area (Å²) >= 11 is 3.70. The van der Waals surface area contributed by atoms with Crippen molar-refractivity contribution in [2.75, 3.05) is 5.32 Å². The fraction of sp³-hybridized carbons (Fsp3) is 0.135. The quantitative estimate of drug-likeness (QED) is 0.191. The first-order valence-corrected chi connectivity index (χ1v) is 21.2. The molecule has 268 valence electrons. The Morgan fingerprint density at radius 2 is 1.12 bits per heavy atom. The van der Waals surface area contributed by atoms with Crippen LogP contribution in [0.4, 0.5) is 5.00 Å². The van der Waals surface area contributed by atoms with Crippen molar-refractivity contribution in [3.8, 4) is 33.4 Å². The van der Waals surface area contributed by atoms with Gasteiger partial charge in [0.15, 0.2) is 0 Å². The van der Waals surface area contributed by atoms with E-state index in [1.807, 2.05) is 22.7 Å². The first-order chi connectivity index (χ1) is 27.3. The van der Waals surface area contributed by atoms with Crippen molar-refractivity contribution in [1.82, 2.24) is 0 Å². The zero-order chi connectivity index (χ0) is 37.5. The van der Waals surface area contributed by atoms with Gasteiger partial charge in [0.25, 0.3) is 0 Å². The molecule has 0 radical (unpaired) electrons. The summed E-state index contributed by atoms with van der Waals surface area (Å²) in [5, 5.41) is 8.90. The lowest BCUT2D eigenvalue weighted by Gasteiger charge is -2.24. The van der Waals surface area contributed by atoms with E-state index >= 15 is 0 Å². The van der Waals surface area contributed by atoms with E-state index in [9.17, 15) is 0 Å². The maximum atomic E-state index is 5.50. The van der Waals surface area contributed by atoms with Gasteiger partial charge >= 0.3 is 0 Å². The average Bonchev–Trinajstić information content (AvgIpc) is 3.92. The highest BCUT2D eigenvalue weighted by atomic mass is 32.1. The van der Waals surface area contributed by atoms with Crippen LogP contribution < -0.4 is 5.32 Å². The Labute approximate surface area is 334 Å². The molecule has 2 aromatic heterocycles. The maximum absolute atomic E-state index is 5.50. The highest BCUT2D eigenvalue weighted by Crippen LogP contribution is 2.56. The summed E-state index contributed by atoms with van der Waals surface area (Å²) in [5.41, 5.74) is 18.3. The van der Waals surface area contributed by atoms with E-state index in [0.717, 1.165) is 11.3 Å². The molecule has 9 aromatic rings. The van der Waals surface area contributed by atoms with E-state index in [2.05, 4.69) is 179 Å². The number of nitrogens with zero attached hydrogens (tertiary/aromatic N) is 1. The molecule has 7 aromatic carbocycles. The standard InChI is InChI=1S/C52H38N2S2/c1-51(2)40-19-10-8-15-32(40)37-27-43-38(28-42(37)51)36-25-30(21-23-41(36)52(43,3)4)31-22-24-45-39(26-31)33-17-12-18-35(48(33)55-45)49-53-47(29-13-6-5-7-14-29)46-34-16-9-11-20-44(34)56-50(46)54-49/h5-28,49,54H,1-4H3. The second kappa shape index (κ2) is 11.4. The number of nitrogens with one attached hydrogen (secondary N) is 1. The first-order valence-electron chi connectivity index (χ1n) is 19.6. The molecule has 12 rings (SSSR count). The van der Waals surface area contributed by atoms with Crippen molar-refractivity contribution in [3.63, 3.8) is 0 Å². The molecular weight excluding hydrogens is 717 g/mol. The molecule has 0 amide bonds. The third kappa shape index (κ3) is 4.40. The van der Waals surface area contributed by atoms with Crippen molar-refractivity contribution in [3.05, 3.63) is 185 Å². The largest absolute Gasteiger partial charge is 0.351 e. The second-order valence-corrected chi connectivity index (χ2v) is 18.8. The summed E-state index contributed by atoms with van der Waals surface area (Å²) in [7, 11) is 0. The highest BCUT2D eigenvalue weighted by Gasteiger charge is 2.41. The minimum absolute atomic E-state index is 0.0307. The highest BCUT2D eigenvalue weighted by molar-refractivity contribution is 7.26. The molecule has 0 spiro atoms. The molecule has 0 saturated carbocycles. The van der Waals surface area contributed by atoms with Crippen LogP contribution in [0.2, 0.25) is 0 Å². The number of hydrogen-bond donors (Lipinski definition) is 1. The van der Waals surface area contributed by atoms with E-state index in [-0.39, 0.29) is 17.0 Å². The molecule has 3 heterocycles. The molecule has 4 heteroatoms. The molecule has 0 bridgehead atoms. The molecule has 1 atom stereocenters. The molecule has 56 heavy (non-hydrogen) atoms. The second-order valence-electron chi connectivity index (χ2n) is 16.7. The van der Waals surface area contributed by atoms with Crippen LogP contribution in [0.5, 0.6) is 0 Å². The lowest BCUT2D eigenvalue weighted by molar-refractivity contribution is 0.652. The lowest BCUT2D eigenvalue weighted by atomic mass is 9.79. The van der Waals surface area contributed by atoms with Crippen LogP contribution in [-0.4, -0.2) is 5.71 Å².